The zero-order valence-corrected chi connectivity index (χ0v) is 13.0. The highest BCUT2D eigenvalue weighted by Crippen LogP contribution is 2.30. The van der Waals surface area contributed by atoms with Crippen LogP contribution in [0.15, 0.2) is 22.8 Å². The molecule has 1 saturated heterocycles. The van der Waals surface area contributed by atoms with Crippen LogP contribution in [-0.2, 0) is 7.05 Å². The van der Waals surface area contributed by atoms with Crippen molar-refractivity contribution in [3.63, 3.8) is 0 Å². The molecule has 0 bridgehead atoms. The van der Waals surface area contributed by atoms with Gasteiger partial charge in [0.05, 0.1) is 12.3 Å². The molecule has 1 aliphatic rings. The highest BCUT2D eigenvalue weighted by Gasteiger charge is 2.29. The molecule has 22 heavy (non-hydrogen) atoms. The molecule has 1 N–H and O–H groups in total. The third kappa shape index (κ3) is 2.98. The lowest BCUT2D eigenvalue weighted by Gasteiger charge is -2.28. The van der Waals surface area contributed by atoms with Crippen LogP contribution in [0, 0.1) is 6.92 Å². The van der Waals surface area contributed by atoms with E-state index in [1.807, 2.05) is 17.0 Å². The number of carbonyl (C=O) groups is 1. The number of nitrogens with one attached hydrogen (secondary N) is 1. The summed E-state index contributed by atoms with van der Waals surface area (Å²) >= 11 is 0. The molecule has 7 heteroatoms. The highest BCUT2D eigenvalue weighted by atomic mass is 16.3. The predicted octanol–water partition coefficient (Wildman–Crippen LogP) is 2.87. The van der Waals surface area contributed by atoms with E-state index < -0.39 is 0 Å². The molecule has 0 radical (unpaired) electrons. The first-order chi connectivity index (χ1) is 10.6. The molecule has 7 nitrogen and oxygen atoms in total. The van der Waals surface area contributed by atoms with E-state index in [1.54, 1.807) is 24.9 Å². The van der Waals surface area contributed by atoms with Crippen molar-refractivity contribution in [2.24, 2.45) is 7.05 Å². The summed E-state index contributed by atoms with van der Waals surface area (Å²) in [4.78, 5) is 18.7. The maximum absolute atomic E-state index is 12.7. The van der Waals surface area contributed by atoms with Crippen LogP contribution in [0.25, 0.3) is 0 Å². The first-order valence-corrected chi connectivity index (χ1v) is 7.64. The second-order valence-corrected chi connectivity index (χ2v) is 5.61. The molecule has 3 rings (SSSR count). The number of anilines is 1. The van der Waals surface area contributed by atoms with Gasteiger partial charge in [0.25, 0.3) is 0 Å². The van der Waals surface area contributed by atoms with Gasteiger partial charge in [0, 0.05) is 13.6 Å². The van der Waals surface area contributed by atoms with E-state index >= 15 is 0 Å². The molecule has 2 amide bonds. The minimum absolute atomic E-state index is 0.0215. The molecule has 1 atom stereocenters. The lowest BCUT2D eigenvalue weighted by molar-refractivity contribution is 0.179. The summed E-state index contributed by atoms with van der Waals surface area (Å²) in [6.45, 7) is 2.52. The van der Waals surface area contributed by atoms with Gasteiger partial charge in [-0.1, -0.05) is 12.8 Å². The fraction of sp³-hybridized carbons (Fsp3) is 0.533. The number of furan rings is 1. The Hall–Kier alpha value is -2.31. The summed E-state index contributed by atoms with van der Waals surface area (Å²) < 4.78 is 7.11. The molecular weight excluding hydrogens is 282 g/mol. The molecule has 0 aliphatic carbocycles. The van der Waals surface area contributed by atoms with Crippen LogP contribution >= 0.6 is 0 Å². The van der Waals surface area contributed by atoms with E-state index in [4.69, 9.17) is 4.42 Å². The summed E-state index contributed by atoms with van der Waals surface area (Å²) in [7, 11) is 1.77. The zero-order valence-electron chi connectivity index (χ0n) is 13.0. The standard InChI is InChI=1S/C15H21N5O2/c1-11-16-14(19(2)18-11)17-15(21)20-9-5-3-4-7-12(20)13-8-6-10-22-13/h6,8,10,12H,3-5,7,9H2,1-2H3,(H,16,17,18,21)/t12-/m0/s1. The molecule has 0 saturated carbocycles. The summed E-state index contributed by atoms with van der Waals surface area (Å²) in [6, 6.07) is 3.62. The van der Waals surface area contributed by atoms with E-state index in [1.165, 1.54) is 0 Å². The lowest BCUT2D eigenvalue weighted by Crippen LogP contribution is -2.38. The van der Waals surface area contributed by atoms with Crippen molar-refractivity contribution in [1.82, 2.24) is 19.7 Å². The molecule has 0 unspecified atom stereocenters. The van der Waals surface area contributed by atoms with Gasteiger partial charge in [-0.3, -0.25) is 5.32 Å². The van der Waals surface area contributed by atoms with Gasteiger partial charge in [0.15, 0.2) is 0 Å². The van der Waals surface area contributed by atoms with Crippen molar-refractivity contribution in [1.29, 1.82) is 0 Å². The lowest BCUT2D eigenvalue weighted by atomic mass is 10.1. The van der Waals surface area contributed by atoms with Crippen molar-refractivity contribution in [2.45, 2.75) is 38.6 Å². The van der Waals surface area contributed by atoms with Crippen molar-refractivity contribution in [3.05, 3.63) is 30.0 Å². The maximum atomic E-state index is 12.7. The molecular formula is C15H21N5O2. The predicted molar refractivity (Wildman–Crippen MR) is 81.4 cm³/mol. The number of rotatable bonds is 2. The SMILES string of the molecule is Cc1nc(NC(=O)N2CCCCC[C@H]2c2ccco2)n(C)n1. The Morgan fingerprint density at radius 3 is 2.95 bits per heavy atom. The van der Waals surface area contributed by atoms with Gasteiger partial charge in [-0.15, -0.1) is 0 Å². The van der Waals surface area contributed by atoms with E-state index in [0.717, 1.165) is 31.4 Å². The fourth-order valence-corrected chi connectivity index (χ4v) is 2.92. The van der Waals surface area contributed by atoms with Gasteiger partial charge in [-0.25, -0.2) is 9.48 Å². The molecule has 3 heterocycles. The van der Waals surface area contributed by atoms with Crippen LogP contribution in [0.4, 0.5) is 10.7 Å². The second kappa shape index (κ2) is 6.21. The molecule has 1 fully saturated rings. The Kier molecular flexibility index (Phi) is 4.13. The van der Waals surface area contributed by atoms with Gasteiger partial charge in [0.1, 0.15) is 11.6 Å². The number of nitrogens with zero attached hydrogens (tertiary/aromatic N) is 4. The molecule has 118 valence electrons. The average molecular weight is 303 g/mol. The second-order valence-electron chi connectivity index (χ2n) is 5.61. The third-order valence-corrected chi connectivity index (χ3v) is 3.97. The van der Waals surface area contributed by atoms with Crippen molar-refractivity contribution in [2.75, 3.05) is 11.9 Å². The highest BCUT2D eigenvalue weighted by molar-refractivity contribution is 5.87. The van der Waals surface area contributed by atoms with Gasteiger partial charge in [0.2, 0.25) is 5.95 Å². The molecule has 0 spiro atoms. The Balaban J connectivity index is 1.79. The Morgan fingerprint density at radius 2 is 2.27 bits per heavy atom. The third-order valence-electron chi connectivity index (χ3n) is 3.97. The van der Waals surface area contributed by atoms with Gasteiger partial charge >= 0.3 is 6.03 Å². The smallest absolute Gasteiger partial charge is 0.324 e. The molecule has 2 aromatic rings. The van der Waals surface area contributed by atoms with Crippen LogP contribution in [-0.4, -0.2) is 32.2 Å². The number of carbonyl (C=O) groups excluding carboxylic acids is 1. The minimum Gasteiger partial charge on any atom is -0.467 e. The van der Waals surface area contributed by atoms with E-state index in [9.17, 15) is 4.79 Å². The molecule has 2 aromatic heterocycles. The molecule has 0 aromatic carbocycles. The van der Waals surface area contributed by atoms with Crippen molar-refractivity contribution >= 4 is 12.0 Å². The maximum Gasteiger partial charge on any atom is 0.324 e. The Labute approximate surface area is 129 Å². The van der Waals surface area contributed by atoms with Crippen LogP contribution in [0.1, 0.15) is 43.3 Å². The summed E-state index contributed by atoms with van der Waals surface area (Å²) in [5, 5.41) is 7.01. The van der Waals surface area contributed by atoms with E-state index in [0.29, 0.717) is 18.3 Å². The molecule has 1 aliphatic heterocycles. The number of aromatic nitrogens is 3. The normalized spacial score (nSPS) is 19.0. The summed E-state index contributed by atoms with van der Waals surface area (Å²) in [6.07, 6.45) is 5.80. The number of hydrogen-bond acceptors (Lipinski definition) is 4. The fourth-order valence-electron chi connectivity index (χ4n) is 2.92. The first-order valence-electron chi connectivity index (χ1n) is 7.64. The van der Waals surface area contributed by atoms with Gasteiger partial charge < -0.3 is 9.32 Å². The van der Waals surface area contributed by atoms with Crippen LogP contribution in [0.5, 0.6) is 0 Å². The Bertz CT molecular complexity index is 634. The number of aryl methyl sites for hydroxylation is 2. The number of amides is 2. The minimum atomic E-state index is -0.154. The number of urea groups is 1. The summed E-state index contributed by atoms with van der Waals surface area (Å²) in [5.74, 6) is 1.94. The van der Waals surface area contributed by atoms with Crippen LogP contribution in [0.2, 0.25) is 0 Å². The van der Waals surface area contributed by atoms with Crippen LogP contribution in [0.3, 0.4) is 0 Å². The van der Waals surface area contributed by atoms with E-state index in [2.05, 4.69) is 15.4 Å². The zero-order chi connectivity index (χ0) is 15.5. The number of hydrogen-bond donors (Lipinski definition) is 1. The first kappa shape index (κ1) is 14.6. The van der Waals surface area contributed by atoms with Gasteiger partial charge in [-0.2, -0.15) is 10.1 Å². The largest absolute Gasteiger partial charge is 0.467 e. The quantitative estimate of drug-likeness (QED) is 0.925. The topological polar surface area (TPSA) is 76.2 Å². The summed E-state index contributed by atoms with van der Waals surface area (Å²) in [5.41, 5.74) is 0. The Morgan fingerprint density at radius 1 is 1.41 bits per heavy atom. The van der Waals surface area contributed by atoms with Crippen molar-refractivity contribution < 1.29 is 9.21 Å². The van der Waals surface area contributed by atoms with Crippen LogP contribution < -0.4 is 5.32 Å². The van der Waals surface area contributed by atoms with E-state index in [-0.39, 0.29) is 12.1 Å². The number of likely N-dealkylation sites (tertiary alicyclic amines) is 1. The average Bonchev–Trinajstić information content (AvgIpc) is 3.03. The monoisotopic (exact) mass is 303 g/mol. The van der Waals surface area contributed by atoms with Crippen molar-refractivity contribution in [3.8, 4) is 0 Å². The van der Waals surface area contributed by atoms with Gasteiger partial charge in [-0.05, 0) is 31.9 Å².